The maximum atomic E-state index is 13.5. The molecule has 1 aromatic heterocycles. The molecule has 0 aliphatic heterocycles. The first kappa shape index (κ1) is 13.1. The highest BCUT2D eigenvalue weighted by Gasteiger charge is 2.12. The molecule has 0 fully saturated rings. The zero-order valence-electron chi connectivity index (χ0n) is 9.84. The fraction of sp³-hybridized carbons (Fsp3) is 0.0909. The molecule has 4 N–H and O–H groups in total. The number of rotatable bonds is 3. The maximum Gasteiger partial charge on any atom is 0.161 e. The number of halogens is 3. The second kappa shape index (κ2) is 5.11. The minimum absolute atomic E-state index is 0.229. The van der Waals surface area contributed by atoms with E-state index in [1.165, 1.54) is 6.33 Å². The fourth-order valence-corrected chi connectivity index (χ4v) is 1.47. The Balaban J connectivity index is 2.39. The lowest BCUT2D eigenvalue weighted by Crippen LogP contribution is -2.12. The molecule has 0 unspecified atom stereocenters. The summed E-state index contributed by atoms with van der Waals surface area (Å²) in [6.45, 7) is 1.63. The second-order valence-corrected chi connectivity index (χ2v) is 3.71. The maximum absolute atomic E-state index is 13.5. The quantitative estimate of drug-likeness (QED) is 0.452. The minimum atomic E-state index is -1.26. The SMILES string of the molecule is Cc1c(NN)ncnc1Nc1cc(F)c(F)cc1F. The predicted molar refractivity (Wildman–Crippen MR) is 64.2 cm³/mol. The van der Waals surface area contributed by atoms with Crippen molar-refractivity contribution in [3.8, 4) is 0 Å². The van der Waals surface area contributed by atoms with Crippen LogP contribution < -0.4 is 16.6 Å². The molecular formula is C11H10F3N5. The van der Waals surface area contributed by atoms with Gasteiger partial charge in [0.25, 0.3) is 0 Å². The number of nitrogens with zero attached hydrogens (tertiary/aromatic N) is 2. The largest absolute Gasteiger partial charge is 0.337 e. The zero-order chi connectivity index (χ0) is 14.0. The normalized spacial score (nSPS) is 10.4. The third-order valence-electron chi connectivity index (χ3n) is 2.48. The molecule has 1 aromatic carbocycles. The molecule has 0 aliphatic rings. The summed E-state index contributed by atoms with van der Waals surface area (Å²) in [6.07, 6.45) is 1.20. The lowest BCUT2D eigenvalue weighted by atomic mass is 10.2. The van der Waals surface area contributed by atoms with Crippen molar-refractivity contribution < 1.29 is 13.2 Å². The third-order valence-corrected chi connectivity index (χ3v) is 2.48. The first-order valence-corrected chi connectivity index (χ1v) is 5.22. The van der Waals surface area contributed by atoms with Crippen molar-refractivity contribution in [2.45, 2.75) is 6.92 Å². The summed E-state index contributed by atoms with van der Waals surface area (Å²) in [4.78, 5) is 7.71. The first-order chi connectivity index (χ1) is 9.02. The molecule has 19 heavy (non-hydrogen) atoms. The highest BCUT2D eigenvalue weighted by molar-refractivity contribution is 5.64. The van der Waals surface area contributed by atoms with Crippen molar-refractivity contribution in [1.82, 2.24) is 9.97 Å². The molecular weight excluding hydrogens is 259 g/mol. The van der Waals surface area contributed by atoms with E-state index in [1.807, 2.05) is 0 Å². The van der Waals surface area contributed by atoms with Crippen LogP contribution in [0.4, 0.5) is 30.5 Å². The Morgan fingerprint density at radius 3 is 2.32 bits per heavy atom. The van der Waals surface area contributed by atoms with Crippen LogP contribution in [0.25, 0.3) is 0 Å². The van der Waals surface area contributed by atoms with Gasteiger partial charge in [-0.2, -0.15) is 0 Å². The standard InChI is InChI=1S/C11H10F3N5/c1-5-10(16-4-17-11(5)19-15)18-9-3-7(13)6(12)2-8(9)14/h2-4H,15H2,1H3,(H2,16,17,18,19). The van der Waals surface area contributed by atoms with E-state index in [1.54, 1.807) is 6.92 Å². The van der Waals surface area contributed by atoms with Gasteiger partial charge in [-0.1, -0.05) is 0 Å². The average Bonchev–Trinajstić information content (AvgIpc) is 2.38. The van der Waals surface area contributed by atoms with Gasteiger partial charge in [0.1, 0.15) is 23.8 Å². The molecule has 0 saturated carbocycles. The van der Waals surface area contributed by atoms with Crippen molar-refractivity contribution in [3.63, 3.8) is 0 Å². The van der Waals surface area contributed by atoms with Gasteiger partial charge in [-0.3, -0.25) is 0 Å². The summed E-state index contributed by atoms with van der Waals surface area (Å²) in [5.74, 6) is 2.45. The van der Waals surface area contributed by atoms with Gasteiger partial charge in [0.15, 0.2) is 11.6 Å². The summed E-state index contributed by atoms with van der Waals surface area (Å²) in [7, 11) is 0. The van der Waals surface area contributed by atoms with Crippen LogP contribution in [-0.4, -0.2) is 9.97 Å². The molecule has 0 amide bonds. The summed E-state index contributed by atoms with van der Waals surface area (Å²) >= 11 is 0. The van der Waals surface area contributed by atoms with Crippen molar-refractivity contribution >= 4 is 17.3 Å². The molecule has 1 heterocycles. The van der Waals surface area contributed by atoms with E-state index in [0.29, 0.717) is 23.5 Å². The summed E-state index contributed by atoms with van der Waals surface area (Å²) < 4.78 is 39.3. The number of nitrogen functional groups attached to an aromatic ring is 1. The fourth-order valence-electron chi connectivity index (χ4n) is 1.47. The van der Waals surface area contributed by atoms with Crippen LogP contribution >= 0.6 is 0 Å². The molecule has 2 aromatic rings. The zero-order valence-corrected chi connectivity index (χ0v) is 9.84. The number of anilines is 3. The van der Waals surface area contributed by atoms with Crippen LogP contribution in [0.5, 0.6) is 0 Å². The molecule has 0 saturated heterocycles. The monoisotopic (exact) mass is 269 g/mol. The Hall–Kier alpha value is -2.35. The molecule has 0 aliphatic carbocycles. The highest BCUT2D eigenvalue weighted by atomic mass is 19.2. The topological polar surface area (TPSA) is 75.9 Å². The van der Waals surface area contributed by atoms with Crippen LogP contribution in [-0.2, 0) is 0 Å². The van der Waals surface area contributed by atoms with Gasteiger partial charge in [-0.25, -0.2) is 29.0 Å². The molecule has 100 valence electrons. The first-order valence-electron chi connectivity index (χ1n) is 5.22. The van der Waals surface area contributed by atoms with Crippen molar-refractivity contribution in [3.05, 3.63) is 41.5 Å². The molecule has 0 radical (unpaired) electrons. The van der Waals surface area contributed by atoms with Gasteiger partial charge in [0.05, 0.1) is 5.69 Å². The lowest BCUT2D eigenvalue weighted by Gasteiger charge is -2.11. The van der Waals surface area contributed by atoms with Gasteiger partial charge in [0.2, 0.25) is 0 Å². The Labute approximate surface area is 106 Å². The van der Waals surface area contributed by atoms with Crippen molar-refractivity contribution in [1.29, 1.82) is 0 Å². The van der Waals surface area contributed by atoms with Crippen molar-refractivity contribution in [2.75, 3.05) is 10.7 Å². The number of nitrogens with one attached hydrogen (secondary N) is 2. The van der Waals surface area contributed by atoms with E-state index in [2.05, 4.69) is 20.7 Å². The number of hydrogen-bond donors (Lipinski definition) is 3. The van der Waals surface area contributed by atoms with Crippen LogP contribution in [0.3, 0.4) is 0 Å². The summed E-state index contributed by atoms with van der Waals surface area (Å²) in [6, 6.07) is 1.16. The number of hydrogen-bond acceptors (Lipinski definition) is 5. The second-order valence-electron chi connectivity index (χ2n) is 3.71. The van der Waals surface area contributed by atoms with Gasteiger partial charge in [-0.05, 0) is 6.92 Å². The Morgan fingerprint density at radius 2 is 1.63 bits per heavy atom. The predicted octanol–water partition coefficient (Wildman–Crippen LogP) is 2.23. The minimum Gasteiger partial charge on any atom is -0.337 e. The van der Waals surface area contributed by atoms with Crippen LogP contribution in [0, 0.1) is 24.4 Å². The molecule has 0 atom stereocenters. The number of benzene rings is 1. The Kier molecular flexibility index (Phi) is 3.52. The van der Waals surface area contributed by atoms with Gasteiger partial charge < -0.3 is 10.7 Å². The number of hydrazine groups is 1. The van der Waals surface area contributed by atoms with E-state index in [-0.39, 0.29) is 11.5 Å². The van der Waals surface area contributed by atoms with Crippen LogP contribution in [0.1, 0.15) is 5.56 Å². The van der Waals surface area contributed by atoms with E-state index in [4.69, 9.17) is 5.84 Å². The Morgan fingerprint density at radius 1 is 1.00 bits per heavy atom. The highest BCUT2D eigenvalue weighted by Crippen LogP contribution is 2.25. The molecule has 0 spiro atoms. The summed E-state index contributed by atoms with van der Waals surface area (Å²) in [5.41, 5.74) is 2.61. The molecule has 2 rings (SSSR count). The smallest absolute Gasteiger partial charge is 0.161 e. The van der Waals surface area contributed by atoms with E-state index < -0.39 is 17.5 Å². The number of aromatic nitrogens is 2. The van der Waals surface area contributed by atoms with Crippen LogP contribution in [0.2, 0.25) is 0 Å². The van der Waals surface area contributed by atoms with E-state index in [9.17, 15) is 13.2 Å². The lowest BCUT2D eigenvalue weighted by molar-refractivity contribution is 0.496. The molecule has 0 bridgehead atoms. The van der Waals surface area contributed by atoms with E-state index >= 15 is 0 Å². The molecule has 8 heteroatoms. The van der Waals surface area contributed by atoms with Crippen LogP contribution in [0.15, 0.2) is 18.5 Å². The van der Waals surface area contributed by atoms with Gasteiger partial charge in [-0.15, -0.1) is 0 Å². The van der Waals surface area contributed by atoms with E-state index in [0.717, 1.165) is 0 Å². The third kappa shape index (κ3) is 2.58. The average molecular weight is 269 g/mol. The Bertz CT molecular complexity index is 618. The summed E-state index contributed by atoms with van der Waals surface area (Å²) in [5, 5.41) is 2.55. The van der Waals surface area contributed by atoms with Gasteiger partial charge >= 0.3 is 0 Å². The van der Waals surface area contributed by atoms with Crippen molar-refractivity contribution in [2.24, 2.45) is 5.84 Å². The van der Waals surface area contributed by atoms with Gasteiger partial charge in [0, 0.05) is 17.7 Å². The number of nitrogens with two attached hydrogens (primary N) is 1. The molecule has 5 nitrogen and oxygen atoms in total.